The van der Waals surface area contributed by atoms with Gasteiger partial charge in [-0.05, 0) is 17.7 Å². The zero-order valence-corrected chi connectivity index (χ0v) is 13.1. The SMILES string of the molecule is Nc1c(CNCc2ccccc2F)cc(Cl)c2c(Cl)c[nH]c12. The predicted molar refractivity (Wildman–Crippen MR) is 89.7 cm³/mol. The molecular weight excluding hydrogens is 324 g/mol. The molecule has 3 rings (SSSR count). The summed E-state index contributed by atoms with van der Waals surface area (Å²) in [7, 11) is 0. The summed E-state index contributed by atoms with van der Waals surface area (Å²) in [5.41, 5.74) is 8.91. The summed E-state index contributed by atoms with van der Waals surface area (Å²) in [6.45, 7) is 0.889. The van der Waals surface area contributed by atoms with E-state index in [0.29, 0.717) is 34.4 Å². The summed E-state index contributed by atoms with van der Waals surface area (Å²) in [6, 6.07) is 8.44. The second-order valence-electron chi connectivity index (χ2n) is 5.01. The minimum absolute atomic E-state index is 0.229. The van der Waals surface area contributed by atoms with Crippen LogP contribution in [0.5, 0.6) is 0 Å². The number of fused-ring (bicyclic) bond motifs is 1. The highest BCUT2D eigenvalue weighted by molar-refractivity contribution is 6.42. The largest absolute Gasteiger partial charge is 0.397 e. The van der Waals surface area contributed by atoms with E-state index in [2.05, 4.69) is 10.3 Å². The number of halogens is 3. The molecule has 3 aromatic rings. The van der Waals surface area contributed by atoms with Crippen LogP contribution < -0.4 is 11.1 Å². The van der Waals surface area contributed by atoms with Crippen molar-refractivity contribution in [1.29, 1.82) is 0 Å². The summed E-state index contributed by atoms with van der Waals surface area (Å²) < 4.78 is 13.6. The molecule has 6 heteroatoms. The maximum absolute atomic E-state index is 13.6. The number of rotatable bonds is 4. The second-order valence-corrected chi connectivity index (χ2v) is 5.83. The van der Waals surface area contributed by atoms with Crippen LogP contribution in [-0.2, 0) is 13.1 Å². The Balaban J connectivity index is 1.80. The van der Waals surface area contributed by atoms with Crippen LogP contribution in [-0.4, -0.2) is 4.98 Å². The number of hydrogen-bond donors (Lipinski definition) is 3. The molecule has 0 atom stereocenters. The van der Waals surface area contributed by atoms with Crippen molar-refractivity contribution >= 4 is 39.8 Å². The van der Waals surface area contributed by atoms with Gasteiger partial charge in [0.15, 0.2) is 0 Å². The van der Waals surface area contributed by atoms with E-state index in [4.69, 9.17) is 28.9 Å². The van der Waals surface area contributed by atoms with Gasteiger partial charge < -0.3 is 16.0 Å². The minimum Gasteiger partial charge on any atom is -0.397 e. The first-order valence-corrected chi connectivity index (χ1v) is 7.51. The molecule has 1 heterocycles. The third-order valence-corrected chi connectivity index (χ3v) is 4.17. The molecule has 1 aromatic heterocycles. The fourth-order valence-corrected chi connectivity index (χ4v) is 3.06. The van der Waals surface area contributed by atoms with Gasteiger partial charge in [-0.1, -0.05) is 41.4 Å². The number of hydrogen-bond acceptors (Lipinski definition) is 2. The van der Waals surface area contributed by atoms with E-state index in [1.807, 2.05) is 0 Å². The molecule has 0 aliphatic heterocycles. The van der Waals surface area contributed by atoms with Gasteiger partial charge in [0.1, 0.15) is 5.82 Å². The van der Waals surface area contributed by atoms with Crippen LogP contribution in [0.2, 0.25) is 10.0 Å². The highest BCUT2D eigenvalue weighted by Gasteiger charge is 2.13. The fraction of sp³-hybridized carbons (Fsp3) is 0.125. The van der Waals surface area contributed by atoms with E-state index in [1.165, 1.54) is 6.07 Å². The average molecular weight is 338 g/mol. The lowest BCUT2D eigenvalue weighted by Gasteiger charge is -2.10. The first kappa shape index (κ1) is 15.2. The van der Waals surface area contributed by atoms with E-state index < -0.39 is 0 Å². The molecule has 0 fully saturated rings. The summed E-state index contributed by atoms with van der Waals surface area (Å²) in [5, 5.41) is 4.97. The van der Waals surface area contributed by atoms with Crippen molar-refractivity contribution in [2.24, 2.45) is 0 Å². The van der Waals surface area contributed by atoms with E-state index in [-0.39, 0.29) is 5.82 Å². The number of nitrogens with two attached hydrogens (primary N) is 1. The van der Waals surface area contributed by atoms with Gasteiger partial charge in [-0.15, -0.1) is 0 Å². The van der Waals surface area contributed by atoms with E-state index >= 15 is 0 Å². The molecule has 0 radical (unpaired) electrons. The smallest absolute Gasteiger partial charge is 0.127 e. The maximum Gasteiger partial charge on any atom is 0.127 e. The van der Waals surface area contributed by atoms with E-state index in [1.54, 1.807) is 30.5 Å². The molecular formula is C16H14Cl2FN3. The van der Waals surface area contributed by atoms with Gasteiger partial charge in [0, 0.05) is 30.2 Å². The van der Waals surface area contributed by atoms with Gasteiger partial charge in [0.2, 0.25) is 0 Å². The zero-order valence-electron chi connectivity index (χ0n) is 11.6. The van der Waals surface area contributed by atoms with Crippen LogP contribution in [0.3, 0.4) is 0 Å². The monoisotopic (exact) mass is 337 g/mol. The Morgan fingerprint density at radius 2 is 1.82 bits per heavy atom. The average Bonchev–Trinajstić information content (AvgIpc) is 2.89. The van der Waals surface area contributed by atoms with Crippen molar-refractivity contribution in [3.63, 3.8) is 0 Å². The van der Waals surface area contributed by atoms with Gasteiger partial charge in [-0.25, -0.2) is 4.39 Å². The molecule has 2 aromatic carbocycles. The highest BCUT2D eigenvalue weighted by atomic mass is 35.5. The van der Waals surface area contributed by atoms with Gasteiger partial charge in [-0.3, -0.25) is 0 Å². The molecule has 114 valence electrons. The van der Waals surface area contributed by atoms with Crippen LogP contribution in [0.1, 0.15) is 11.1 Å². The van der Waals surface area contributed by atoms with Crippen molar-refractivity contribution < 1.29 is 4.39 Å². The number of nitrogens with one attached hydrogen (secondary N) is 2. The molecule has 0 aliphatic rings. The molecule has 0 unspecified atom stereocenters. The van der Waals surface area contributed by atoms with Crippen LogP contribution in [0.25, 0.3) is 10.9 Å². The molecule has 0 bridgehead atoms. The summed E-state index contributed by atoms with van der Waals surface area (Å²) in [4.78, 5) is 3.03. The van der Waals surface area contributed by atoms with Gasteiger partial charge in [-0.2, -0.15) is 0 Å². The lowest BCUT2D eigenvalue weighted by molar-refractivity contribution is 0.588. The number of aromatic amines is 1. The Labute approximate surface area is 137 Å². The Bertz CT molecular complexity index is 830. The van der Waals surface area contributed by atoms with Crippen LogP contribution in [0, 0.1) is 5.82 Å². The van der Waals surface area contributed by atoms with Crippen molar-refractivity contribution in [2.75, 3.05) is 5.73 Å². The van der Waals surface area contributed by atoms with Crippen LogP contribution in [0.4, 0.5) is 10.1 Å². The highest BCUT2D eigenvalue weighted by Crippen LogP contribution is 2.35. The number of anilines is 1. The van der Waals surface area contributed by atoms with Crippen LogP contribution in [0.15, 0.2) is 36.5 Å². The third kappa shape index (κ3) is 2.77. The van der Waals surface area contributed by atoms with E-state index in [9.17, 15) is 4.39 Å². The van der Waals surface area contributed by atoms with Crippen LogP contribution >= 0.6 is 23.2 Å². The zero-order chi connectivity index (χ0) is 15.7. The topological polar surface area (TPSA) is 53.8 Å². The molecule has 4 N–H and O–H groups in total. The van der Waals surface area contributed by atoms with Crippen molar-refractivity contribution in [3.05, 3.63) is 63.5 Å². The Morgan fingerprint density at radius 3 is 2.59 bits per heavy atom. The van der Waals surface area contributed by atoms with Crippen molar-refractivity contribution in [3.8, 4) is 0 Å². The molecule has 3 nitrogen and oxygen atoms in total. The molecule has 0 saturated heterocycles. The lowest BCUT2D eigenvalue weighted by Crippen LogP contribution is -2.15. The number of benzene rings is 2. The third-order valence-electron chi connectivity index (χ3n) is 3.58. The Kier molecular flexibility index (Phi) is 4.25. The van der Waals surface area contributed by atoms with Gasteiger partial charge >= 0.3 is 0 Å². The predicted octanol–water partition coefficient (Wildman–Crippen LogP) is 4.49. The summed E-state index contributed by atoms with van der Waals surface area (Å²) >= 11 is 12.3. The minimum atomic E-state index is -0.229. The quantitative estimate of drug-likeness (QED) is 0.614. The molecule has 0 aliphatic carbocycles. The van der Waals surface area contributed by atoms with Crippen molar-refractivity contribution in [2.45, 2.75) is 13.1 Å². The fourth-order valence-electron chi connectivity index (χ4n) is 2.43. The molecule has 22 heavy (non-hydrogen) atoms. The maximum atomic E-state index is 13.6. The number of H-pyrrole nitrogens is 1. The van der Waals surface area contributed by atoms with Crippen molar-refractivity contribution in [1.82, 2.24) is 10.3 Å². The molecule has 0 amide bonds. The summed E-state index contributed by atoms with van der Waals surface area (Å²) in [6.07, 6.45) is 1.66. The standard InChI is InChI=1S/C16H14Cl2FN3/c17-11-5-10(15(20)16-14(11)12(18)8-22-16)7-21-6-9-3-1-2-4-13(9)19/h1-5,8,21-22H,6-7,20H2. The lowest BCUT2D eigenvalue weighted by atomic mass is 10.1. The normalized spacial score (nSPS) is 11.2. The first-order chi connectivity index (χ1) is 10.6. The Hall–Kier alpha value is -1.75. The second kappa shape index (κ2) is 6.16. The van der Waals surface area contributed by atoms with Gasteiger partial charge in [0.25, 0.3) is 0 Å². The first-order valence-electron chi connectivity index (χ1n) is 6.75. The van der Waals surface area contributed by atoms with E-state index in [0.717, 1.165) is 16.5 Å². The van der Waals surface area contributed by atoms with Gasteiger partial charge in [0.05, 0.1) is 21.2 Å². The summed E-state index contributed by atoms with van der Waals surface area (Å²) in [5.74, 6) is -0.229. The Morgan fingerprint density at radius 1 is 1.09 bits per heavy atom. The molecule has 0 saturated carbocycles. The number of aromatic nitrogens is 1. The molecule has 0 spiro atoms. The number of nitrogen functional groups attached to an aromatic ring is 1.